The minimum atomic E-state index is -0.758. The first-order chi connectivity index (χ1) is 18.3. The van der Waals surface area contributed by atoms with Crippen molar-refractivity contribution in [3.8, 4) is 0 Å². The largest absolute Gasteiger partial charge is 0.369 e. The number of halogens is 1. The quantitative estimate of drug-likeness (QED) is 0.531. The summed E-state index contributed by atoms with van der Waals surface area (Å²) in [6.45, 7) is 13.1. The Bertz CT molecular complexity index is 1170. The van der Waals surface area contributed by atoms with E-state index in [9.17, 15) is 14.0 Å². The van der Waals surface area contributed by atoms with Crippen LogP contribution in [0.1, 0.15) is 53.5 Å². The highest BCUT2D eigenvalue weighted by Crippen LogP contribution is 2.52. The van der Waals surface area contributed by atoms with Gasteiger partial charge in [-0.3, -0.25) is 9.59 Å². The predicted molar refractivity (Wildman–Crippen MR) is 147 cm³/mol. The molecule has 2 saturated heterocycles. The van der Waals surface area contributed by atoms with Crippen LogP contribution in [0.3, 0.4) is 0 Å². The summed E-state index contributed by atoms with van der Waals surface area (Å²) in [6.07, 6.45) is 3.71. The van der Waals surface area contributed by atoms with Gasteiger partial charge in [-0.05, 0) is 63.4 Å². The average molecular weight is 541 g/mol. The van der Waals surface area contributed by atoms with E-state index < -0.39 is 34.7 Å². The first-order valence-electron chi connectivity index (χ1n) is 13.5. The van der Waals surface area contributed by atoms with E-state index in [1.807, 2.05) is 25.7 Å². The zero-order valence-corrected chi connectivity index (χ0v) is 24.0. The van der Waals surface area contributed by atoms with Gasteiger partial charge in [-0.25, -0.2) is 14.4 Å². The second-order valence-corrected chi connectivity index (χ2v) is 12.1. The Morgan fingerprint density at radius 3 is 2.41 bits per heavy atom. The number of ether oxygens (including phenoxy) is 1. The number of nitrogens with one attached hydrogen (secondary N) is 2. The first kappa shape index (κ1) is 28.9. The van der Waals surface area contributed by atoms with E-state index in [2.05, 4.69) is 39.3 Å². The van der Waals surface area contributed by atoms with E-state index in [-0.39, 0.29) is 24.2 Å². The highest BCUT2D eigenvalue weighted by Gasteiger charge is 2.68. The van der Waals surface area contributed by atoms with Gasteiger partial charge in [0.1, 0.15) is 18.0 Å². The summed E-state index contributed by atoms with van der Waals surface area (Å²) in [5.41, 5.74) is -0.970. The third kappa shape index (κ3) is 5.24. The first-order valence-corrected chi connectivity index (χ1v) is 13.5. The van der Waals surface area contributed by atoms with Gasteiger partial charge in [-0.15, -0.1) is 0 Å². The van der Waals surface area contributed by atoms with E-state index in [0.717, 1.165) is 5.56 Å². The van der Waals surface area contributed by atoms with E-state index in [1.54, 1.807) is 44.6 Å². The molecule has 2 aromatic rings. The number of hydrogen-bond acceptors (Lipinski definition) is 7. The second-order valence-electron chi connectivity index (χ2n) is 12.1. The number of hydrogen-bond donors (Lipinski definition) is 2. The van der Waals surface area contributed by atoms with Gasteiger partial charge in [-0.1, -0.05) is 32.9 Å². The Kier molecular flexibility index (Phi) is 8.01. The molecular formula is C29H41FN6O3. The monoisotopic (exact) mass is 540 g/mol. The molecular weight excluding hydrogens is 499 g/mol. The Morgan fingerprint density at radius 2 is 1.82 bits per heavy atom. The summed E-state index contributed by atoms with van der Waals surface area (Å²) in [6, 6.07) is 6.84. The molecule has 1 aromatic heterocycles. The average Bonchev–Trinajstić information content (AvgIpc) is 3.30. The molecule has 0 radical (unpaired) electrons. The van der Waals surface area contributed by atoms with E-state index in [0.29, 0.717) is 25.5 Å². The normalized spacial score (nSPS) is 26.3. The molecule has 3 heterocycles. The van der Waals surface area contributed by atoms with Crippen LogP contribution in [0.5, 0.6) is 0 Å². The Hall–Kier alpha value is -3.11. The van der Waals surface area contributed by atoms with Gasteiger partial charge in [0, 0.05) is 18.9 Å². The molecule has 212 valence electrons. The number of carbonyl (C=O) groups is 2. The van der Waals surface area contributed by atoms with Crippen LogP contribution >= 0.6 is 0 Å². The van der Waals surface area contributed by atoms with Crippen LogP contribution in [0, 0.1) is 11.2 Å². The van der Waals surface area contributed by atoms with Crippen LogP contribution in [0.4, 0.5) is 10.3 Å². The highest BCUT2D eigenvalue weighted by molar-refractivity contribution is 5.91. The molecule has 0 spiro atoms. The molecule has 9 nitrogen and oxygen atoms in total. The summed E-state index contributed by atoms with van der Waals surface area (Å²) < 4.78 is 20.0. The number of nitrogens with zero attached hydrogens (tertiary/aromatic N) is 4. The van der Waals surface area contributed by atoms with Gasteiger partial charge in [0.2, 0.25) is 17.8 Å². The van der Waals surface area contributed by atoms with Gasteiger partial charge in [0.25, 0.3) is 0 Å². The van der Waals surface area contributed by atoms with Gasteiger partial charge < -0.3 is 25.2 Å². The zero-order chi connectivity index (χ0) is 28.6. The van der Waals surface area contributed by atoms with Crippen molar-refractivity contribution in [2.24, 2.45) is 5.41 Å². The van der Waals surface area contributed by atoms with Crippen molar-refractivity contribution in [3.63, 3.8) is 0 Å². The summed E-state index contributed by atoms with van der Waals surface area (Å²) in [7, 11) is 1.72. The molecule has 5 atom stereocenters. The zero-order valence-electron chi connectivity index (χ0n) is 24.0. The van der Waals surface area contributed by atoms with Crippen molar-refractivity contribution in [1.82, 2.24) is 25.5 Å². The van der Waals surface area contributed by atoms with Gasteiger partial charge >= 0.3 is 0 Å². The SMILES string of the molecule is CN[C@@H](C)C(=O)N[C@H](C(=O)N1CC[C@@]2(C)N(c3ncccn3)C[C@H](OCc3ccc(F)cc3)[C@@]12C)C(C)(C)C. The van der Waals surface area contributed by atoms with E-state index in [1.165, 1.54) is 12.1 Å². The molecule has 0 unspecified atom stereocenters. The van der Waals surface area contributed by atoms with Crippen LogP contribution in [-0.4, -0.2) is 76.1 Å². The molecule has 39 heavy (non-hydrogen) atoms. The summed E-state index contributed by atoms with van der Waals surface area (Å²) in [4.78, 5) is 40.3. The van der Waals surface area contributed by atoms with Crippen LogP contribution in [-0.2, 0) is 20.9 Å². The Labute approximate surface area is 230 Å². The summed E-state index contributed by atoms with van der Waals surface area (Å²) in [5, 5.41) is 5.95. The molecule has 10 heteroatoms. The lowest BCUT2D eigenvalue weighted by atomic mass is 9.78. The third-order valence-corrected chi connectivity index (χ3v) is 8.69. The lowest BCUT2D eigenvalue weighted by molar-refractivity contribution is -0.148. The fraction of sp³-hybridized carbons (Fsp3) is 0.586. The molecule has 2 aliphatic rings. The number of amides is 2. The number of aromatic nitrogens is 2. The fourth-order valence-corrected chi connectivity index (χ4v) is 5.85. The number of anilines is 1. The maximum absolute atomic E-state index is 14.4. The van der Waals surface area contributed by atoms with E-state index >= 15 is 0 Å². The minimum Gasteiger partial charge on any atom is -0.369 e. The molecule has 1 aromatic carbocycles. The predicted octanol–water partition coefficient (Wildman–Crippen LogP) is 2.91. The van der Waals surface area contributed by atoms with Crippen molar-refractivity contribution in [3.05, 3.63) is 54.1 Å². The van der Waals surface area contributed by atoms with Gasteiger partial charge in [0.05, 0.1) is 30.3 Å². The number of likely N-dealkylation sites (tertiary alicyclic amines) is 1. The number of likely N-dealkylation sites (N-methyl/N-ethyl adjacent to an activating group) is 1. The lowest BCUT2D eigenvalue weighted by Gasteiger charge is -2.47. The van der Waals surface area contributed by atoms with Crippen molar-refractivity contribution in [2.45, 2.75) is 83.8 Å². The van der Waals surface area contributed by atoms with Crippen molar-refractivity contribution >= 4 is 17.8 Å². The highest BCUT2D eigenvalue weighted by atomic mass is 19.1. The molecule has 2 aliphatic heterocycles. The Balaban J connectivity index is 1.70. The van der Waals surface area contributed by atoms with Crippen molar-refractivity contribution in [1.29, 1.82) is 0 Å². The number of fused-ring (bicyclic) bond motifs is 1. The van der Waals surface area contributed by atoms with Crippen LogP contribution in [0.25, 0.3) is 0 Å². The van der Waals surface area contributed by atoms with Gasteiger partial charge in [-0.2, -0.15) is 0 Å². The van der Waals surface area contributed by atoms with Crippen LogP contribution < -0.4 is 15.5 Å². The minimum absolute atomic E-state index is 0.142. The van der Waals surface area contributed by atoms with Crippen molar-refractivity contribution in [2.75, 3.05) is 25.0 Å². The molecule has 0 saturated carbocycles. The molecule has 0 bridgehead atoms. The van der Waals surface area contributed by atoms with E-state index in [4.69, 9.17) is 4.74 Å². The third-order valence-electron chi connectivity index (χ3n) is 8.69. The number of benzene rings is 1. The summed E-state index contributed by atoms with van der Waals surface area (Å²) >= 11 is 0. The van der Waals surface area contributed by atoms with Crippen molar-refractivity contribution < 1.29 is 18.7 Å². The Morgan fingerprint density at radius 1 is 1.18 bits per heavy atom. The maximum Gasteiger partial charge on any atom is 0.246 e. The standard InChI is InChI=1S/C29H41FN6O3/c1-19(31-7)24(37)34-23(27(2,3)4)25(38)35-16-13-28(5)29(35,6)22(17-36(28)26-32-14-8-15-33-26)39-18-20-9-11-21(30)12-10-20/h8-12,14-15,19,22-23,31H,13,16-18H2,1-7H3,(H,34,37)/t19-,22-,23+,28+,29+/m0/s1. The summed E-state index contributed by atoms with van der Waals surface area (Å²) in [5.74, 6) is -0.0942. The fourth-order valence-electron chi connectivity index (χ4n) is 5.85. The lowest BCUT2D eigenvalue weighted by Crippen LogP contribution is -2.66. The molecule has 4 rings (SSSR count). The molecule has 2 amide bonds. The second kappa shape index (κ2) is 10.8. The van der Waals surface area contributed by atoms with Crippen LogP contribution in [0.15, 0.2) is 42.7 Å². The van der Waals surface area contributed by atoms with Gasteiger partial charge in [0.15, 0.2) is 0 Å². The smallest absolute Gasteiger partial charge is 0.246 e. The van der Waals surface area contributed by atoms with Crippen LogP contribution in [0.2, 0.25) is 0 Å². The number of carbonyl (C=O) groups excluding carboxylic acids is 2. The molecule has 0 aliphatic carbocycles. The molecule has 2 N–H and O–H groups in total. The number of rotatable bonds is 8. The maximum atomic E-state index is 14.4. The molecule has 2 fully saturated rings. The topological polar surface area (TPSA) is 99.7 Å².